The average Bonchev–Trinajstić information content (AvgIpc) is 2.74. The van der Waals surface area contributed by atoms with E-state index in [2.05, 4.69) is 4.98 Å². The zero-order valence-corrected chi connectivity index (χ0v) is 11.5. The molecule has 0 spiro atoms. The summed E-state index contributed by atoms with van der Waals surface area (Å²) in [6.45, 7) is 4.02. The van der Waals surface area contributed by atoms with Crippen LogP contribution in [0.2, 0.25) is 0 Å². The van der Waals surface area contributed by atoms with Gasteiger partial charge in [-0.25, -0.2) is 4.98 Å². The van der Waals surface area contributed by atoms with E-state index in [1.165, 1.54) is 11.3 Å². The smallest absolute Gasteiger partial charge is 0.311 e. The van der Waals surface area contributed by atoms with E-state index in [1.807, 2.05) is 19.1 Å². The van der Waals surface area contributed by atoms with Crippen LogP contribution in [0.4, 0.5) is 0 Å². The third kappa shape index (κ3) is 5.23. The highest BCUT2D eigenvalue weighted by Gasteiger charge is 2.10. The van der Waals surface area contributed by atoms with Crippen molar-refractivity contribution in [2.24, 2.45) is 0 Å². The summed E-state index contributed by atoms with van der Waals surface area (Å²) in [5, 5.41) is 2.55. The van der Waals surface area contributed by atoms with E-state index in [9.17, 15) is 9.59 Å². The highest BCUT2D eigenvalue weighted by Crippen LogP contribution is 2.12. The Hall–Kier alpha value is -1.49. The van der Waals surface area contributed by atoms with Gasteiger partial charge in [-0.1, -0.05) is 12.2 Å². The Morgan fingerprint density at radius 1 is 1.44 bits per heavy atom. The number of ether oxygens (including phenoxy) is 1. The third-order valence-electron chi connectivity index (χ3n) is 2.16. The summed E-state index contributed by atoms with van der Waals surface area (Å²) in [5.74, 6) is -0.153. The number of nitrogens with zero attached hydrogens (tertiary/aromatic N) is 1. The molecule has 1 rings (SSSR count). The third-order valence-corrected chi connectivity index (χ3v) is 3.06. The Morgan fingerprint density at radius 3 is 2.89 bits per heavy atom. The first-order valence-electron chi connectivity index (χ1n) is 5.87. The molecule has 1 aromatic rings. The van der Waals surface area contributed by atoms with Crippen molar-refractivity contribution in [2.45, 2.75) is 33.1 Å². The minimum absolute atomic E-state index is 0.130. The van der Waals surface area contributed by atoms with Crippen molar-refractivity contribution in [3.63, 3.8) is 0 Å². The van der Waals surface area contributed by atoms with Crippen molar-refractivity contribution in [3.8, 4) is 0 Å². The average molecular weight is 267 g/mol. The van der Waals surface area contributed by atoms with Crippen LogP contribution in [-0.4, -0.2) is 23.3 Å². The van der Waals surface area contributed by atoms with Crippen LogP contribution in [0.5, 0.6) is 0 Å². The SMILES string of the molecule is CC=CCC(=O)Cc1nc(CC(=O)OCC)cs1. The predicted molar refractivity (Wildman–Crippen MR) is 70.6 cm³/mol. The topological polar surface area (TPSA) is 56.3 Å². The molecule has 0 saturated carbocycles. The van der Waals surface area contributed by atoms with Crippen LogP contribution in [-0.2, 0) is 27.2 Å². The van der Waals surface area contributed by atoms with Gasteiger partial charge in [0.2, 0.25) is 0 Å². The fourth-order valence-corrected chi connectivity index (χ4v) is 2.18. The second kappa shape index (κ2) is 7.76. The first-order valence-corrected chi connectivity index (χ1v) is 6.75. The quantitative estimate of drug-likeness (QED) is 0.562. The molecule has 0 unspecified atom stereocenters. The van der Waals surface area contributed by atoms with E-state index in [0.29, 0.717) is 25.1 Å². The molecule has 0 aromatic carbocycles. The van der Waals surface area contributed by atoms with Crippen molar-refractivity contribution in [1.82, 2.24) is 4.98 Å². The number of ketones is 1. The van der Waals surface area contributed by atoms with Gasteiger partial charge in [0.15, 0.2) is 0 Å². The van der Waals surface area contributed by atoms with Gasteiger partial charge in [0.05, 0.1) is 25.1 Å². The normalized spacial score (nSPS) is 10.8. The Kier molecular flexibility index (Phi) is 6.28. The van der Waals surface area contributed by atoms with E-state index in [0.717, 1.165) is 5.01 Å². The second-order valence-electron chi connectivity index (χ2n) is 3.70. The Morgan fingerprint density at radius 2 is 2.22 bits per heavy atom. The van der Waals surface area contributed by atoms with Crippen LogP contribution in [0.1, 0.15) is 31.0 Å². The van der Waals surface area contributed by atoms with E-state index in [1.54, 1.807) is 12.3 Å². The molecule has 98 valence electrons. The molecule has 0 aliphatic rings. The molecular formula is C13H17NO3S. The lowest BCUT2D eigenvalue weighted by atomic mass is 10.2. The van der Waals surface area contributed by atoms with Crippen LogP contribution in [0.15, 0.2) is 17.5 Å². The van der Waals surface area contributed by atoms with Crippen LogP contribution in [0, 0.1) is 0 Å². The lowest BCUT2D eigenvalue weighted by molar-refractivity contribution is -0.142. The summed E-state index contributed by atoms with van der Waals surface area (Å²) < 4.78 is 4.84. The summed E-state index contributed by atoms with van der Waals surface area (Å²) in [5.41, 5.74) is 0.673. The fraction of sp³-hybridized carbons (Fsp3) is 0.462. The van der Waals surface area contributed by atoms with Crippen molar-refractivity contribution in [1.29, 1.82) is 0 Å². The van der Waals surface area contributed by atoms with Gasteiger partial charge in [0, 0.05) is 11.8 Å². The van der Waals surface area contributed by atoms with Gasteiger partial charge >= 0.3 is 5.97 Å². The van der Waals surface area contributed by atoms with Crippen molar-refractivity contribution >= 4 is 23.1 Å². The minimum Gasteiger partial charge on any atom is -0.466 e. The molecular weight excluding hydrogens is 250 g/mol. The summed E-state index contributed by atoms with van der Waals surface area (Å²) in [6.07, 6.45) is 4.62. The maximum Gasteiger partial charge on any atom is 0.311 e. The Labute approximate surface area is 111 Å². The first kappa shape index (κ1) is 14.6. The molecule has 0 atom stereocenters. The molecule has 0 aliphatic carbocycles. The van der Waals surface area contributed by atoms with Crippen LogP contribution in [0.3, 0.4) is 0 Å². The van der Waals surface area contributed by atoms with Gasteiger partial charge < -0.3 is 4.74 Å². The maximum atomic E-state index is 11.5. The van der Waals surface area contributed by atoms with Gasteiger partial charge in [-0.15, -0.1) is 11.3 Å². The maximum absolute atomic E-state index is 11.5. The van der Waals surface area contributed by atoms with E-state index in [-0.39, 0.29) is 18.2 Å². The fourth-order valence-electron chi connectivity index (χ4n) is 1.36. The van der Waals surface area contributed by atoms with Gasteiger partial charge in [-0.2, -0.15) is 0 Å². The standard InChI is InChI=1S/C13H17NO3S/c1-3-5-6-11(15)8-12-14-10(9-18-12)7-13(16)17-4-2/h3,5,9H,4,6-8H2,1-2H3. The van der Waals surface area contributed by atoms with Crippen LogP contribution < -0.4 is 0 Å². The number of carbonyl (C=O) groups excluding carboxylic acids is 2. The van der Waals surface area contributed by atoms with Gasteiger partial charge in [0.1, 0.15) is 10.8 Å². The molecule has 1 heterocycles. The summed E-state index contributed by atoms with van der Waals surface area (Å²) in [7, 11) is 0. The summed E-state index contributed by atoms with van der Waals surface area (Å²) >= 11 is 1.41. The van der Waals surface area contributed by atoms with Gasteiger partial charge in [-0.05, 0) is 13.8 Å². The van der Waals surface area contributed by atoms with Crippen molar-refractivity contribution < 1.29 is 14.3 Å². The Bertz CT molecular complexity index is 437. The van der Waals surface area contributed by atoms with E-state index in [4.69, 9.17) is 4.74 Å². The van der Waals surface area contributed by atoms with E-state index < -0.39 is 0 Å². The van der Waals surface area contributed by atoms with Gasteiger partial charge in [-0.3, -0.25) is 9.59 Å². The molecule has 0 bridgehead atoms. The molecule has 1 aromatic heterocycles. The molecule has 4 nitrogen and oxygen atoms in total. The number of allylic oxidation sites excluding steroid dienone is 2. The molecule has 0 amide bonds. The number of esters is 1. The zero-order chi connectivity index (χ0) is 13.4. The zero-order valence-electron chi connectivity index (χ0n) is 10.6. The number of carbonyl (C=O) groups is 2. The molecule has 0 fully saturated rings. The molecule has 0 saturated heterocycles. The largest absolute Gasteiger partial charge is 0.466 e. The number of hydrogen-bond donors (Lipinski definition) is 0. The molecule has 5 heteroatoms. The summed E-state index contributed by atoms with van der Waals surface area (Å²) in [4.78, 5) is 27.0. The number of thiazole rings is 1. The molecule has 0 N–H and O–H groups in total. The van der Waals surface area contributed by atoms with E-state index >= 15 is 0 Å². The predicted octanol–water partition coefficient (Wildman–Crippen LogP) is 2.33. The summed E-state index contributed by atoms with van der Waals surface area (Å²) in [6, 6.07) is 0. The van der Waals surface area contributed by atoms with Crippen molar-refractivity contribution in [2.75, 3.05) is 6.61 Å². The number of Topliss-reactive ketones (excluding diaryl/α,β-unsaturated/α-hetero) is 1. The number of aromatic nitrogens is 1. The van der Waals surface area contributed by atoms with Crippen molar-refractivity contribution in [3.05, 3.63) is 28.2 Å². The molecule has 0 radical (unpaired) electrons. The highest BCUT2D eigenvalue weighted by molar-refractivity contribution is 7.09. The Balaban J connectivity index is 2.47. The van der Waals surface area contributed by atoms with Crippen LogP contribution >= 0.6 is 11.3 Å². The first-order chi connectivity index (χ1) is 8.65. The molecule has 0 aliphatic heterocycles. The second-order valence-corrected chi connectivity index (χ2v) is 4.65. The lowest BCUT2D eigenvalue weighted by Crippen LogP contribution is -2.08. The molecule has 18 heavy (non-hydrogen) atoms. The van der Waals surface area contributed by atoms with Gasteiger partial charge in [0.25, 0.3) is 0 Å². The highest BCUT2D eigenvalue weighted by atomic mass is 32.1. The number of rotatable bonds is 7. The van der Waals surface area contributed by atoms with Crippen LogP contribution in [0.25, 0.3) is 0 Å². The number of hydrogen-bond acceptors (Lipinski definition) is 5. The monoisotopic (exact) mass is 267 g/mol. The minimum atomic E-state index is -0.283. The lowest BCUT2D eigenvalue weighted by Gasteiger charge is -1.98.